The van der Waals surface area contributed by atoms with Gasteiger partial charge in [-0.15, -0.1) is 11.3 Å². The summed E-state index contributed by atoms with van der Waals surface area (Å²) >= 11 is 3.16. The molecule has 0 bridgehead atoms. The first-order chi connectivity index (χ1) is 8.69. The lowest BCUT2D eigenvalue weighted by Gasteiger charge is -2.27. The highest BCUT2D eigenvalue weighted by molar-refractivity contribution is 8.00. The number of nitro groups is 1. The number of ether oxygens (including phenoxy) is 1. The molecule has 2 heterocycles. The summed E-state index contributed by atoms with van der Waals surface area (Å²) in [4.78, 5) is 17.5. The van der Waals surface area contributed by atoms with Crippen LogP contribution >= 0.6 is 23.1 Å². The molecule has 1 aliphatic rings. The number of amidine groups is 1. The molecule has 0 saturated carbocycles. The summed E-state index contributed by atoms with van der Waals surface area (Å²) in [5.41, 5.74) is 0. The second kappa shape index (κ2) is 6.01. The maximum atomic E-state index is 10.4. The van der Waals surface area contributed by atoms with Crippen LogP contribution in [-0.2, 0) is 11.3 Å². The van der Waals surface area contributed by atoms with Gasteiger partial charge in [0.1, 0.15) is 9.44 Å². The molecule has 1 aliphatic heterocycles. The van der Waals surface area contributed by atoms with E-state index >= 15 is 0 Å². The van der Waals surface area contributed by atoms with Gasteiger partial charge in [0.15, 0.2) is 5.03 Å². The molecule has 0 aliphatic carbocycles. The Morgan fingerprint density at radius 1 is 1.78 bits per heavy atom. The van der Waals surface area contributed by atoms with E-state index < -0.39 is 5.03 Å². The number of hydrogen-bond donors (Lipinski definition) is 0. The first kappa shape index (κ1) is 13.1. The SMILES string of the molecule is CSc1ncc(CN2CCCOC2=N[N+](=O)[O-])s1. The van der Waals surface area contributed by atoms with Crippen LogP contribution < -0.4 is 0 Å². The topological polar surface area (TPSA) is 80.9 Å². The third kappa shape index (κ3) is 3.33. The van der Waals surface area contributed by atoms with E-state index in [4.69, 9.17) is 4.74 Å². The highest BCUT2D eigenvalue weighted by Crippen LogP contribution is 2.23. The largest absolute Gasteiger partial charge is 0.461 e. The van der Waals surface area contributed by atoms with E-state index in [9.17, 15) is 10.1 Å². The van der Waals surface area contributed by atoms with E-state index in [1.54, 1.807) is 34.2 Å². The summed E-state index contributed by atoms with van der Waals surface area (Å²) in [7, 11) is 0. The summed E-state index contributed by atoms with van der Waals surface area (Å²) < 4.78 is 6.20. The van der Waals surface area contributed by atoms with E-state index in [-0.39, 0.29) is 6.02 Å². The molecule has 0 N–H and O–H groups in total. The van der Waals surface area contributed by atoms with Crippen molar-refractivity contribution >= 4 is 29.1 Å². The van der Waals surface area contributed by atoms with Crippen molar-refractivity contribution in [2.24, 2.45) is 5.10 Å². The molecule has 98 valence electrons. The smallest absolute Gasteiger partial charge is 0.362 e. The number of hydrogen-bond acceptors (Lipinski definition) is 6. The minimum absolute atomic E-state index is 0.0883. The first-order valence-electron chi connectivity index (χ1n) is 5.28. The highest BCUT2D eigenvalue weighted by Gasteiger charge is 2.22. The second-order valence-corrected chi connectivity index (χ2v) is 5.71. The van der Waals surface area contributed by atoms with Crippen molar-refractivity contribution in [3.8, 4) is 0 Å². The molecule has 2 rings (SSSR count). The van der Waals surface area contributed by atoms with Crippen LogP contribution in [0.4, 0.5) is 0 Å². The fourth-order valence-electron chi connectivity index (χ4n) is 1.56. The standard InChI is InChI=1S/C9H12N4O3S2/c1-17-9-10-5-7(18-9)6-12-3-2-4-16-8(12)11-13(14)15/h5H,2-4,6H2,1H3. The van der Waals surface area contributed by atoms with Crippen LogP contribution in [0.2, 0.25) is 0 Å². The number of rotatable bonds is 4. The van der Waals surface area contributed by atoms with Crippen LogP contribution in [0, 0.1) is 10.1 Å². The zero-order valence-corrected chi connectivity index (χ0v) is 11.4. The number of hydrazone groups is 1. The Morgan fingerprint density at radius 2 is 2.61 bits per heavy atom. The van der Waals surface area contributed by atoms with Crippen LogP contribution in [0.5, 0.6) is 0 Å². The molecule has 0 spiro atoms. The molecule has 9 heteroatoms. The molecule has 1 aromatic rings. The van der Waals surface area contributed by atoms with Gasteiger partial charge in [0.2, 0.25) is 0 Å². The molecule has 1 saturated heterocycles. The molecule has 1 fully saturated rings. The van der Waals surface area contributed by atoms with Gasteiger partial charge in [-0.3, -0.25) is 0 Å². The number of thioether (sulfide) groups is 1. The van der Waals surface area contributed by atoms with Gasteiger partial charge < -0.3 is 9.64 Å². The summed E-state index contributed by atoms with van der Waals surface area (Å²) in [6.45, 7) is 1.73. The number of nitrogens with zero attached hydrogens (tertiary/aromatic N) is 4. The average Bonchev–Trinajstić information content (AvgIpc) is 2.79. The third-order valence-electron chi connectivity index (χ3n) is 2.29. The molecule has 0 amide bonds. The van der Waals surface area contributed by atoms with Gasteiger partial charge in [0, 0.05) is 17.6 Å². The van der Waals surface area contributed by atoms with Crippen LogP contribution in [0.25, 0.3) is 0 Å². The zero-order chi connectivity index (χ0) is 13.0. The monoisotopic (exact) mass is 288 g/mol. The van der Waals surface area contributed by atoms with Crippen molar-refractivity contribution in [3.05, 3.63) is 21.2 Å². The van der Waals surface area contributed by atoms with Crippen molar-refractivity contribution in [3.63, 3.8) is 0 Å². The fourth-order valence-corrected chi connectivity index (χ4v) is 3.03. The third-order valence-corrected chi connectivity index (χ3v) is 4.28. The molecule has 0 atom stereocenters. The fraction of sp³-hybridized carbons (Fsp3) is 0.556. The lowest BCUT2D eigenvalue weighted by Crippen LogP contribution is -2.38. The second-order valence-electron chi connectivity index (χ2n) is 3.54. The van der Waals surface area contributed by atoms with Gasteiger partial charge in [-0.1, -0.05) is 11.8 Å². The van der Waals surface area contributed by atoms with E-state index in [0.717, 1.165) is 15.6 Å². The van der Waals surface area contributed by atoms with Crippen LogP contribution in [0.1, 0.15) is 11.3 Å². The molecular formula is C9H12N4O3S2. The van der Waals surface area contributed by atoms with Gasteiger partial charge in [-0.25, -0.2) is 15.1 Å². The van der Waals surface area contributed by atoms with Crippen LogP contribution in [0.3, 0.4) is 0 Å². The molecule has 18 heavy (non-hydrogen) atoms. The molecule has 7 nitrogen and oxygen atoms in total. The van der Waals surface area contributed by atoms with E-state index in [0.29, 0.717) is 19.7 Å². The molecule has 1 aromatic heterocycles. The van der Waals surface area contributed by atoms with Gasteiger partial charge >= 0.3 is 6.02 Å². The average molecular weight is 288 g/mol. The Balaban J connectivity index is 2.07. The number of aromatic nitrogens is 1. The lowest BCUT2D eigenvalue weighted by atomic mass is 10.3. The van der Waals surface area contributed by atoms with Gasteiger partial charge in [-0.2, -0.15) is 0 Å². The van der Waals surface area contributed by atoms with Crippen molar-refractivity contribution in [2.45, 2.75) is 17.3 Å². The van der Waals surface area contributed by atoms with Crippen molar-refractivity contribution in [1.29, 1.82) is 0 Å². The lowest BCUT2D eigenvalue weighted by molar-refractivity contribution is -0.487. The van der Waals surface area contributed by atoms with Crippen LogP contribution in [0.15, 0.2) is 15.6 Å². The molecule has 0 radical (unpaired) electrons. The van der Waals surface area contributed by atoms with Gasteiger partial charge in [0.05, 0.1) is 13.2 Å². The van der Waals surface area contributed by atoms with E-state index in [1.807, 2.05) is 6.26 Å². The Labute approximate surface area is 112 Å². The summed E-state index contributed by atoms with van der Waals surface area (Å²) in [5, 5.41) is 12.9. The summed E-state index contributed by atoms with van der Waals surface area (Å²) in [6.07, 6.45) is 4.59. The Bertz CT molecular complexity index is 462. The summed E-state index contributed by atoms with van der Waals surface area (Å²) in [6, 6.07) is 0.0883. The van der Waals surface area contributed by atoms with Crippen molar-refractivity contribution < 1.29 is 9.77 Å². The highest BCUT2D eigenvalue weighted by atomic mass is 32.2. The maximum Gasteiger partial charge on any atom is 0.362 e. The molecular weight excluding hydrogens is 276 g/mol. The van der Waals surface area contributed by atoms with Crippen molar-refractivity contribution in [2.75, 3.05) is 19.4 Å². The Morgan fingerprint density at radius 3 is 3.28 bits per heavy atom. The normalized spacial score (nSPS) is 17.8. The maximum absolute atomic E-state index is 10.4. The number of thiazole rings is 1. The Kier molecular flexibility index (Phi) is 4.37. The predicted molar refractivity (Wildman–Crippen MR) is 69.3 cm³/mol. The zero-order valence-electron chi connectivity index (χ0n) is 9.74. The molecule has 0 aromatic carbocycles. The molecule has 0 unspecified atom stereocenters. The van der Waals surface area contributed by atoms with Gasteiger partial charge in [-0.05, 0) is 12.7 Å². The van der Waals surface area contributed by atoms with Crippen LogP contribution in [-0.4, -0.2) is 40.3 Å². The minimum atomic E-state index is -0.729. The Hall–Kier alpha value is -1.35. The predicted octanol–water partition coefficient (Wildman–Crippen LogP) is 1.64. The van der Waals surface area contributed by atoms with E-state index in [1.165, 1.54) is 0 Å². The quantitative estimate of drug-likeness (QED) is 0.476. The van der Waals surface area contributed by atoms with Crippen molar-refractivity contribution in [1.82, 2.24) is 9.88 Å². The minimum Gasteiger partial charge on any atom is -0.461 e. The van der Waals surface area contributed by atoms with Gasteiger partial charge in [0.25, 0.3) is 0 Å². The van der Waals surface area contributed by atoms with E-state index in [2.05, 4.69) is 10.1 Å². The summed E-state index contributed by atoms with van der Waals surface area (Å²) in [5.74, 6) is 0. The first-order valence-corrected chi connectivity index (χ1v) is 7.32.